The molecule has 2 N–H and O–H groups in total. The SMILES string of the molecule is COc1ccc(Br)cc1-c1cc(-c2ccc(CC(C)C)cc2)nc(N)c1C#N. The van der Waals surface area contributed by atoms with E-state index in [0.717, 1.165) is 27.7 Å². The zero-order chi connectivity index (χ0) is 20.3. The summed E-state index contributed by atoms with van der Waals surface area (Å²) in [5, 5.41) is 9.65. The highest BCUT2D eigenvalue weighted by molar-refractivity contribution is 9.10. The second-order valence-corrected chi connectivity index (χ2v) is 7.98. The van der Waals surface area contributed by atoms with Crippen molar-refractivity contribution in [1.29, 1.82) is 5.26 Å². The van der Waals surface area contributed by atoms with Gasteiger partial charge in [-0.1, -0.05) is 54.0 Å². The summed E-state index contributed by atoms with van der Waals surface area (Å²) in [7, 11) is 1.61. The fourth-order valence-electron chi connectivity index (χ4n) is 3.22. The minimum absolute atomic E-state index is 0.211. The van der Waals surface area contributed by atoms with Gasteiger partial charge in [-0.15, -0.1) is 0 Å². The highest BCUT2D eigenvalue weighted by atomic mass is 79.9. The van der Waals surface area contributed by atoms with Crippen LogP contribution in [0.1, 0.15) is 25.0 Å². The van der Waals surface area contributed by atoms with Crippen LogP contribution in [0.15, 0.2) is 53.0 Å². The molecule has 3 rings (SSSR count). The van der Waals surface area contributed by atoms with E-state index in [4.69, 9.17) is 10.5 Å². The minimum Gasteiger partial charge on any atom is -0.496 e. The van der Waals surface area contributed by atoms with Gasteiger partial charge in [-0.25, -0.2) is 4.98 Å². The van der Waals surface area contributed by atoms with Crippen molar-refractivity contribution in [1.82, 2.24) is 4.98 Å². The summed E-state index contributed by atoms with van der Waals surface area (Å²) < 4.78 is 6.39. The number of nitriles is 1. The summed E-state index contributed by atoms with van der Waals surface area (Å²) in [4.78, 5) is 4.47. The standard InChI is InChI=1S/C23H22BrN3O/c1-14(2)10-15-4-6-16(7-5-15)21-12-18(20(13-25)23(26)27-21)19-11-17(24)8-9-22(19)28-3/h4-9,11-12,14H,10H2,1-3H3,(H2,26,27). The van der Waals surface area contributed by atoms with E-state index in [-0.39, 0.29) is 5.82 Å². The van der Waals surface area contributed by atoms with Crippen molar-refractivity contribution < 1.29 is 4.74 Å². The highest BCUT2D eigenvalue weighted by Crippen LogP contribution is 2.38. The van der Waals surface area contributed by atoms with Crippen molar-refractivity contribution in [3.8, 4) is 34.2 Å². The number of ether oxygens (including phenoxy) is 1. The lowest BCUT2D eigenvalue weighted by Gasteiger charge is -2.14. The van der Waals surface area contributed by atoms with Crippen LogP contribution >= 0.6 is 15.9 Å². The molecule has 0 saturated heterocycles. The average molecular weight is 436 g/mol. The lowest BCUT2D eigenvalue weighted by molar-refractivity contribution is 0.416. The zero-order valence-corrected chi connectivity index (χ0v) is 17.7. The van der Waals surface area contributed by atoms with E-state index < -0.39 is 0 Å². The van der Waals surface area contributed by atoms with Gasteiger partial charge < -0.3 is 10.5 Å². The van der Waals surface area contributed by atoms with Crippen LogP contribution in [0.5, 0.6) is 5.75 Å². The molecule has 3 aromatic rings. The van der Waals surface area contributed by atoms with Gasteiger partial charge in [-0.2, -0.15) is 5.26 Å². The predicted octanol–water partition coefficient (Wildman–Crippen LogP) is 5.84. The molecule has 28 heavy (non-hydrogen) atoms. The number of methoxy groups -OCH3 is 1. The quantitative estimate of drug-likeness (QED) is 0.546. The van der Waals surface area contributed by atoms with Gasteiger partial charge in [0.15, 0.2) is 0 Å². The van der Waals surface area contributed by atoms with Crippen LogP contribution in [0.4, 0.5) is 5.82 Å². The molecule has 0 aliphatic rings. The van der Waals surface area contributed by atoms with E-state index >= 15 is 0 Å². The first-order valence-electron chi connectivity index (χ1n) is 9.06. The molecular weight excluding hydrogens is 414 g/mol. The Morgan fingerprint density at radius 1 is 1.11 bits per heavy atom. The van der Waals surface area contributed by atoms with Gasteiger partial charge in [0, 0.05) is 21.2 Å². The fourth-order valence-corrected chi connectivity index (χ4v) is 3.58. The molecule has 0 aliphatic carbocycles. The van der Waals surface area contributed by atoms with Gasteiger partial charge in [-0.05, 0) is 42.2 Å². The number of aromatic nitrogens is 1. The first-order chi connectivity index (χ1) is 13.4. The smallest absolute Gasteiger partial charge is 0.142 e. The molecular formula is C23H22BrN3O. The number of hydrogen-bond acceptors (Lipinski definition) is 4. The molecule has 0 aliphatic heterocycles. The lowest BCUT2D eigenvalue weighted by Crippen LogP contribution is -2.01. The van der Waals surface area contributed by atoms with E-state index in [1.807, 2.05) is 36.4 Å². The molecule has 5 heteroatoms. The van der Waals surface area contributed by atoms with Crippen LogP contribution in [-0.4, -0.2) is 12.1 Å². The van der Waals surface area contributed by atoms with Gasteiger partial charge >= 0.3 is 0 Å². The second-order valence-electron chi connectivity index (χ2n) is 7.07. The first-order valence-corrected chi connectivity index (χ1v) is 9.86. The Labute approximate surface area is 174 Å². The number of rotatable bonds is 5. The van der Waals surface area contributed by atoms with Gasteiger partial charge in [0.2, 0.25) is 0 Å². The Kier molecular flexibility index (Phi) is 6.01. The Morgan fingerprint density at radius 3 is 2.43 bits per heavy atom. The van der Waals surface area contributed by atoms with Crippen molar-refractivity contribution in [2.75, 3.05) is 12.8 Å². The van der Waals surface area contributed by atoms with Crippen LogP contribution in [0, 0.1) is 17.2 Å². The van der Waals surface area contributed by atoms with Crippen molar-refractivity contribution >= 4 is 21.7 Å². The molecule has 2 aromatic carbocycles. The largest absolute Gasteiger partial charge is 0.496 e. The van der Waals surface area contributed by atoms with Crippen LogP contribution in [0.2, 0.25) is 0 Å². The molecule has 0 spiro atoms. The van der Waals surface area contributed by atoms with Gasteiger partial charge in [-0.3, -0.25) is 0 Å². The molecule has 0 radical (unpaired) electrons. The summed E-state index contributed by atoms with van der Waals surface area (Å²) in [5.41, 5.74) is 11.0. The number of pyridine rings is 1. The number of anilines is 1. The maximum Gasteiger partial charge on any atom is 0.142 e. The van der Waals surface area contributed by atoms with Crippen molar-refractivity contribution in [3.05, 3.63) is 64.1 Å². The van der Waals surface area contributed by atoms with Gasteiger partial charge in [0.25, 0.3) is 0 Å². The Balaban J connectivity index is 2.14. The molecule has 0 unspecified atom stereocenters. The van der Waals surface area contributed by atoms with Crippen molar-refractivity contribution in [3.63, 3.8) is 0 Å². The molecule has 4 nitrogen and oxygen atoms in total. The highest BCUT2D eigenvalue weighted by Gasteiger charge is 2.17. The molecule has 0 fully saturated rings. The number of halogens is 1. The fraction of sp³-hybridized carbons (Fsp3) is 0.217. The first kappa shape index (κ1) is 19.9. The molecule has 1 aromatic heterocycles. The Morgan fingerprint density at radius 2 is 1.82 bits per heavy atom. The van der Waals surface area contributed by atoms with E-state index in [1.54, 1.807) is 7.11 Å². The lowest BCUT2D eigenvalue weighted by atomic mass is 9.96. The van der Waals surface area contributed by atoms with Gasteiger partial charge in [0.1, 0.15) is 23.2 Å². The number of hydrogen-bond donors (Lipinski definition) is 1. The van der Waals surface area contributed by atoms with Gasteiger partial charge in [0.05, 0.1) is 12.8 Å². The van der Waals surface area contributed by atoms with E-state index in [9.17, 15) is 5.26 Å². The summed E-state index contributed by atoms with van der Waals surface area (Å²) in [6.07, 6.45) is 1.03. The number of nitrogen functional groups attached to an aromatic ring is 1. The van der Waals surface area contributed by atoms with E-state index in [2.05, 4.69) is 53.0 Å². The summed E-state index contributed by atoms with van der Waals surface area (Å²) in [5.74, 6) is 1.48. The minimum atomic E-state index is 0.211. The molecule has 1 heterocycles. The summed E-state index contributed by atoms with van der Waals surface area (Å²) in [6.45, 7) is 4.41. The second kappa shape index (κ2) is 8.45. The Bertz CT molecular complexity index is 1040. The van der Waals surface area contributed by atoms with Crippen LogP contribution in [0.25, 0.3) is 22.4 Å². The third kappa shape index (κ3) is 4.18. The summed E-state index contributed by atoms with van der Waals surface area (Å²) in [6, 6.07) is 18.1. The van der Waals surface area contributed by atoms with Crippen molar-refractivity contribution in [2.45, 2.75) is 20.3 Å². The molecule has 0 saturated carbocycles. The topological polar surface area (TPSA) is 71.9 Å². The predicted molar refractivity (Wildman–Crippen MR) is 117 cm³/mol. The third-order valence-electron chi connectivity index (χ3n) is 4.50. The molecule has 0 amide bonds. The van der Waals surface area contributed by atoms with Crippen LogP contribution in [0.3, 0.4) is 0 Å². The van der Waals surface area contributed by atoms with E-state index in [1.165, 1.54) is 5.56 Å². The number of benzene rings is 2. The molecule has 0 bridgehead atoms. The number of nitrogens with zero attached hydrogens (tertiary/aromatic N) is 2. The van der Waals surface area contributed by atoms with Crippen LogP contribution in [-0.2, 0) is 6.42 Å². The van der Waals surface area contributed by atoms with Crippen LogP contribution < -0.4 is 10.5 Å². The zero-order valence-electron chi connectivity index (χ0n) is 16.2. The maximum atomic E-state index is 9.65. The summed E-state index contributed by atoms with van der Waals surface area (Å²) >= 11 is 3.49. The molecule has 0 atom stereocenters. The average Bonchev–Trinajstić information content (AvgIpc) is 2.67. The van der Waals surface area contributed by atoms with E-state index in [0.29, 0.717) is 22.8 Å². The normalized spacial score (nSPS) is 10.7. The number of nitrogens with two attached hydrogens (primary N) is 1. The third-order valence-corrected chi connectivity index (χ3v) is 5.00. The molecule has 142 valence electrons. The Hall–Kier alpha value is -2.84. The van der Waals surface area contributed by atoms with Crippen molar-refractivity contribution in [2.24, 2.45) is 5.92 Å². The maximum absolute atomic E-state index is 9.65. The monoisotopic (exact) mass is 435 g/mol.